The minimum absolute atomic E-state index is 0.0613. The summed E-state index contributed by atoms with van der Waals surface area (Å²) < 4.78 is 5.37. The van der Waals surface area contributed by atoms with Crippen molar-refractivity contribution in [1.29, 1.82) is 0 Å². The van der Waals surface area contributed by atoms with Crippen LogP contribution >= 0.6 is 0 Å². The molecule has 0 spiro atoms. The fraction of sp³-hybridized carbons (Fsp3) is 0.692. The van der Waals surface area contributed by atoms with Crippen LogP contribution in [0, 0.1) is 10.1 Å². The number of aromatic nitrogens is 2. The maximum atomic E-state index is 11.2. The van der Waals surface area contributed by atoms with E-state index in [0.717, 1.165) is 32.4 Å². The van der Waals surface area contributed by atoms with Crippen LogP contribution in [0.2, 0.25) is 0 Å². The van der Waals surface area contributed by atoms with E-state index in [9.17, 15) is 10.1 Å². The molecule has 1 unspecified atom stereocenters. The number of nitro groups is 1. The smallest absolute Gasteiger partial charge is 0.329 e. The normalized spacial score (nSPS) is 18.6. The van der Waals surface area contributed by atoms with E-state index in [2.05, 4.69) is 15.3 Å². The van der Waals surface area contributed by atoms with Crippen molar-refractivity contribution in [3.8, 4) is 0 Å². The predicted octanol–water partition coefficient (Wildman–Crippen LogP) is 1.82. The molecule has 8 heteroatoms. The molecule has 0 aliphatic carbocycles. The third-order valence-electron chi connectivity index (χ3n) is 3.49. The van der Waals surface area contributed by atoms with Crippen LogP contribution in [-0.2, 0) is 4.74 Å². The van der Waals surface area contributed by atoms with Crippen LogP contribution in [0.25, 0.3) is 0 Å². The lowest BCUT2D eigenvalue weighted by Gasteiger charge is -2.32. The van der Waals surface area contributed by atoms with E-state index < -0.39 is 4.92 Å². The van der Waals surface area contributed by atoms with Gasteiger partial charge in [-0.05, 0) is 19.3 Å². The van der Waals surface area contributed by atoms with Gasteiger partial charge in [0.2, 0.25) is 11.8 Å². The summed E-state index contributed by atoms with van der Waals surface area (Å²) in [7, 11) is 1.66. The predicted molar refractivity (Wildman–Crippen MR) is 79.7 cm³/mol. The summed E-state index contributed by atoms with van der Waals surface area (Å²) in [5.74, 6) is 0.798. The second-order valence-corrected chi connectivity index (χ2v) is 5.03. The Hall–Kier alpha value is -1.96. The molecule has 0 bridgehead atoms. The van der Waals surface area contributed by atoms with E-state index in [1.165, 1.54) is 6.20 Å². The Morgan fingerprint density at radius 1 is 1.62 bits per heavy atom. The summed E-state index contributed by atoms with van der Waals surface area (Å²) in [5.41, 5.74) is -0.0613. The van der Waals surface area contributed by atoms with Gasteiger partial charge in [-0.2, -0.15) is 4.98 Å². The van der Waals surface area contributed by atoms with Crippen molar-refractivity contribution in [3.05, 3.63) is 16.3 Å². The van der Waals surface area contributed by atoms with E-state index in [0.29, 0.717) is 18.3 Å². The molecule has 1 atom stereocenters. The Morgan fingerprint density at radius 3 is 3.10 bits per heavy atom. The lowest BCUT2D eigenvalue weighted by atomic mass is 10.1. The highest BCUT2D eigenvalue weighted by Gasteiger charge is 2.27. The number of piperidine rings is 1. The van der Waals surface area contributed by atoms with Gasteiger partial charge in [-0.1, -0.05) is 6.92 Å². The van der Waals surface area contributed by atoms with Crippen molar-refractivity contribution in [1.82, 2.24) is 9.97 Å². The summed E-state index contributed by atoms with van der Waals surface area (Å²) in [6, 6.07) is 0. The van der Waals surface area contributed by atoms with Crippen LogP contribution in [-0.4, -0.2) is 47.7 Å². The molecule has 2 heterocycles. The number of nitrogens with one attached hydrogen (secondary N) is 1. The number of ether oxygens (including phenoxy) is 1. The molecule has 2 rings (SSSR count). The Kier molecular flexibility index (Phi) is 5.26. The maximum absolute atomic E-state index is 11.2. The van der Waals surface area contributed by atoms with Crippen LogP contribution in [0.1, 0.15) is 26.2 Å². The van der Waals surface area contributed by atoms with E-state index in [-0.39, 0.29) is 11.8 Å². The highest BCUT2D eigenvalue weighted by atomic mass is 16.6. The largest absolute Gasteiger partial charge is 0.380 e. The Labute approximate surface area is 123 Å². The van der Waals surface area contributed by atoms with Crippen LogP contribution in [0.3, 0.4) is 0 Å². The minimum Gasteiger partial charge on any atom is -0.380 e. The Morgan fingerprint density at radius 2 is 2.43 bits per heavy atom. The van der Waals surface area contributed by atoms with E-state index in [1.807, 2.05) is 11.8 Å². The van der Waals surface area contributed by atoms with Crippen molar-refractivity contribution >= 4 is 17.5 Å². The van der Waals surface area contributed by atoms with Gasteiger partial charge in [-0.15, -0.1) is 0 Å². The van der Waals surface area contributed by atoms with Crippen molar-refractivity contribution in [2.24, 2.45) is 0 Å². The zero-order chi connectivity index (χ0) is 15.2. The molecule has 0 aromatic carbocycles. The van der Waals surface area contributed by atoms with Gasteiger partial charge in [0.15, 0.2) is 0 Å². The second-order valence-electron chi connectivity index (χ2n) is 5.03. The summed E-state index contributed by atoms with van der Waals surface area (Å²) in [5, 5.41) is 14.3. The molecular formula is C13H21N5O3. The zero-order valence-corrected chi connectivity index (χ0v) is 12.4. The third kappa shape index (κ3) is 3.78. The molecule has 1 aliphatic rings. The van der Waals surface area contributed by atoms with E-state index >= 15 is 0 Å². The second kappa shape index (κ2) is 7.16. The van der Waals surface area contributed by atoms with Gasteiger partial charge in [0, 0.05) is 26.7 Å². The van der Waals surface area contributed by atoms with Crippen LogP contribution in [0.4, 0.5) is 17.5 Å². The zero-order valence-electron chi connectivity index (χ0n) is 12.4. The van der Waals surface area contributed by atoms with Crippen molar-refractivity contribution in [2.45, 2.75) is 32.3 Å². The van der Waals surface area contributed by atoms with Gasteiger partial charge < -0.3 is 15.0 Å². The van der Waals surface area contributed by atoms with Gasteiger partial charge in [0.25, 0.3) is 0 Å². The average Bonchev–Trinajstić information content (AvgIpc) is 2.52. The molecule has 21 heavy (non-hydrogen) atoms. The van der Waals surface area contributed by atoms with Gasteiger partial charge >= 0.3 is 5.69 Å². The molecule has 1 aliphatic heterocycles. The van der Waals surface area contributed by atoms with Crippen LogP contribution < -0.4 is 10.2 Å². The van der Waals surface area contributed by atoms with Gasteiger partial charge in [0.05, 0.1) is 11.0 Å². The number of rotatable bonds is 6. The molecular weight excluding hydrogens is 274 g/mol. The first-order chi connectivity index (χ1) is 10.2. The molecule has 1 aromatic heterocycles. The summed E-state index contributed by atoms with van der Waals surface area (Å²) >= 11 is 0. The minimum atomic E-state index is -0.435. The molecule has 8 nitrogen and oxygen atoms in total. The fourth-order valence-electron chi connectivity index (χ4n) is 2.37. The molecule has 0 saturated carbocycles. The third-order valence-corrected chi connectivity index (χ3v) is 3.49. The summed E-state index contributed by atoms with van der Waals surface area (Å²) in [6.07, 6.45) is 4.19. The quantitative estimate of drug-likeness (QED) is 0.632. The molecule has 1 aromatic rings. The molecule has 1 saturated heterocycles. The van der Waals surface area contributed by atoms with Crippen molar-refractivity contribution < 1.29 is 9.66 Å². The maximum Gasteiger partial charge on any atom is 0.329 e. The summed E-state index contributed by atoms with van der Waals surface area (Å²) in [4.78, 5) is 21.0. The highest BCUT2D eigenvalue weighted by Crippen LogP contribution is 2.29. The first-order valence-corrected chi connectivity index (χ1v) is 7.18. The molecule has 1 fully saturated rings. The number of anilines is 2. The van der Waals surface area contributed by atoms with Gasteiger partial charge in [-0.3, -0.25) is 10.1 Å². The van der Waals surface area contributed by atoms with Gasteiger partial charge in [0.1, 0.15) is 6.20 Å². The van der Waals surface area contributed by atoms with E-state index in [1.54, 1.807) is 7.11 Å². The fourth-order valence-corrected chi connectivity index (χ4v) is 2.37. The van der Waals surface area contributed by atoms with Gasteiger partial charge in [-0.25, -0.2) is 4.98 Å². The topological polar surface area (TPSA) is 93.4 Å². The SMILES string of the molecule is CCCNc1ncc([N+](=O)[O-])c(N2CCCC(OC)C2)n1. The number of methoxy groups -OCH3 is 1. The lowest BCUT2D eigenvalue weighted by molar-refractivity contribution is -0.384. The molecule has 0 radical (unpaired) electrons. The highest BCUT2D eigenvalue weighted by molar-refractivity contribution is 5.59. The van der Waals surface area contributed by atoms with Crippen molar-refractivity contribution in [3.63, 3.8) is 0 Å². The standard InChI is InChI=1S/C13H21N5O3/c1-3-6-14-13-15-8-11(18(19)20)12(16-13)17-7-4-5-10(9-17)21-2/h8,10H,3-7,9H2,1-2H3,(H,14,15,16). The monoisotopic (exact) mass is 295 g/mol. The van der Waals surface area contributed by atoms with Crippen LogP contribution in [0.15, 0.2) is 6.20 Å². The first kappa shape index (κ1) is 15.4. The Bertz CT molecular complexity index is 497. The van der Waals surface area contributed by atoms with E-state index in [4.69, 9.17) is 4.74 Å². The number of hydrogen-bond donors (Lipinski definition) is 1. The first-order valence-electron chi connectivity index (χ1n) is 7.18. The van der Waals surface area contributed by atoms with Crippen molar-refractivity contribution in [2.75, 3.05) is 37.0 Å². The Balaban J connectivity index is 2.27. The summed E-state index contributed by atoms with van der Waals surface area (Å²) in [6.45, 7) is 4.12. The molecule has 116 valence electrons. The number of hydrogen-bond acceptors (Lipinski definition) is 7. The average molecular weight is 295 g/mol. The lowest BCUT2D eigenvalue weighted by Crippen LogP contribution is -2.40. The van der Waals surface area contributed by atoms with Crippen LogP contribution in [0.5, 0.6) is 0 Å². The molecule has 0 amide bonds. The number of nitrogens with zero attached hydrogens (tertiary/aromatic N) is 4. The molecule has 1 N–H and O–H groups in total.